The second-order valence-electron chi connectivity index (χ2n) is 5.22. The van der Waals surface area contributed by atoms with Crippen molar-refractivity contribution in [1.29, 1.82) is 0 Å². The van der Waals surface area contributed by atoms with Gasteiger partial charge in [0.25, 0.3) is 0 Å². The summed E-state index contributed by atoms with van der Waals surface area (Å²) in [7, 11) is 4.06. The number of anilines is 2. The molecule has 1 heterocycles. The Morgan fingerprint density at radius 2 is 2.10 bits per heavy atom. The van der Waals surface area contributed by atoms with Crippen LogP contribution < -0.4 is 10.2 Å². The van der Waals surface area contributed by atoms with E-state index in [0.717, 1.165) is 35.0 Å². The molecule has 108 valence electrons. The van der Waals surface area contributed by atoms with Gasteiger partial charge in [0.2, 0.25) is 0 Å². The Balaban J connectivity index is 1.99. The van der Waals surface area contributed by atoms with Crippen LogP contribution in [0.2, 0.25) is 5.02 Å². The average molecular weight is 293 g/mol. The topological polar surface area (TPSA) is 28.4 Å². The van der Waals surface area contributed by atoms with Crippen molar-refractivity contribution in [2.75, 3.05) is 24.3 Å². The molecule has 0 fully saturated rings. The Kier molecular flexibility index (Phi) is 4.96. The lowest BCUT2D eigenvalue weighted by molar-refractivity contribution is 0.495. The van der Waals surface area contributed by atoms with Gasteiger partial charge in [0.1, 0.15) is 5.76 Å². The molecule has 0 aliphatic carbocycles. The van der Waals surface area contributed by atoms with E-state index in [1.807, 2.05) is 44.4 Å². The Bertz CT molecular complexity index is 537. The summed E-state index contributed by atoms with van der Waals surface area (Å²) in [5.41, 5.74) is 2.20. The largest absolute Gasteiger partial charge is 0.469 e. The van der Waals surface area contributed by atoms with Gasteiger partial charge in [-0.3, -0.25) is 0 Å². The number of benzene rings is 1. The second-order valence-corrected chi connectivity index (χ2v) is 5.66. The second kappa shape index (κ2) is 6.71. The highest BCUT2D eigenvalue weighted by molar-refractivity contribution is 6.31. The summed E-state index contributed by atoms with van der Waals surface area (Å²) in [4.78, 5) is 2.08. The first kappa shape index (κ1) is 14.8. The summed E-state index contributed by atoms with van der Waals surface area (Å²) in [6, 6.07) is 10.2. The van der Waals surface area contributed by atoms with Gasteiger partial charge in [-0.2, -0.15) is 0 Å². The minimum Gasteiger partial charge on any atom is -0.469 e. The van der Waals surface area contributed by atoms with Gasteiger partial charge in [0, 0.05) is 31.6 Å². The molecule has 2 aromatic rings. The van der Waals surface area contributed by atoms with Gasteiger partial charge in [-0.15, -0.1) is 0 Å². The van der Waals surface area contributed by atoms with Crippen molar-refractivity contribution in [2.24, 2.45) is 0 Å². The smallest absolute Gasteiger partial charge is 0.103 e. The Labute approximate surface area is 125 Å². The molecule has 1 N–H and O–H groups in total. The van der Waals surface area contributed by atoms with E-state index in [-0.39, 0.29) is 0 Å². The number of nitrogens with one attached hydrogen (secondary N) is 1. The van der Waals surface area contributed by atoms with Crippen molar-refractivity contribution >= 4 is 23.0 Å². The summed E-state index contributed by atoms with van der Waals surface area (Å²) in [6.45, 7) is 2.17. The molecule has 1 aromatic heterocycles. The van der Waals surface area contributed by atoms with E-state index in [1.54, 1.807) is 6.26 Å². The van der Waals surface area contributed by atoms with E-state index in [4.69, 9.17) is 16.0 Å². The molecule has 0 aliphatic heterocycles. The first-order valence-electron chi connectivity index (χ1n) is 6.82. The van der Waals surface area contributed by atoms with Crippen LogP contribution in [0.5, 0.6) is 0 Å². The monoisotopic (exact) mass is 292 g/mol. The summed E-state index contributed by atoms with van der Waals surface area (Å²) in [5, 5.41) is 4.27. The summed E-state index contributed by atoms with van der Waals surface area (Å²) < 4.78 is 5.36. The number of furan rings is 1. The molecular formula is C16H21ClN2O. The third-order valence-electron chi connectivity index (χ3n) is 3.25. The van der Waals surface area contributed by atoms with Gasteiger partial charge < -0.3 is 14.6 Å². The number of rotatable bonds is 6. The zero-order valence-electron chi connectivity index (χ0n) is 12.2. The van der Waals surface area contributed by atoms with E-state index in [0.29, 0.717) is 6.04 Å². The number of nitrogens with zero attached hydrogens (tertiary/aromatic N) is 1. The standard InChI is InChI=1S/C16H21ClN2O/c1-12(6-8-14-5-4-10-20-14)18-15-11-13(17)7-9-16(15)19(2)3/h4-5,7,9-12,18H,6,8H2,1-3H3. The number of hydrogen-bond acceptors (Lipinski definition) is 3. The van der Waals surface area contributed by atoms with Crippen LogP contribution in [0.15, 0.2) is 41.0 Å². The lowest BCUT2D eigenvalue weighted by Gasteiger charge is -2.22. The van der Waals surface area contributed by atoms with Crippen molar-refractivity contribution in [2.45, 2.75) is 25.8 Å². The lowest BCUT2D eigenvalue weighted by atomic mass is 10.1. The van der Waals surface area contributed by atoms with Crippen LogP contribution in [0, 0.1) is 0 Å². The number of hydrogen-bond donors (Lipinski definition) is 1. The Morgan fingerprint density at radius 1 is 1.30 bits per heavy atom. The lowest BCUT2D eigenvalue weighted by Crippen LogP contribution is -2.19. The third kappa shape index (κ3) is 3.94. The number of halogens is 1. The predicted molar refractivity (Wildman–Crippen MR) is 85.9 cm³/mol. The molecule has 0 saturated carbocycles. The molecule has 1 atom stereocenters. The minimum atomic E-state index is 0.345. The molecule has 0 saturated heterocycles. The van der Waals surface area contributed by atoms with Crippen molar-refractivity contribution < 1.29 is 4.42 Å². The maximum absolute atomic E-state index is 6.09. The first-order valence-corrected chi connectivity index (χ1v) is 7.20. The minimum absolute atomic E-state index is 0.345. The normalized spacial score (nSPS) is 12.2. The van der Waals surface area contributed by atoms with Crippen molar-refractivity contribution in [3.8, 4) is 0 Å². The van der Waals surface area contributed by atoms with Gasteiger partial charge in [-0.25, -0.2) is 0 Å². The molecule has 1 aromatic carbocycles. The number of aryl methyl sites for hydroxylation is 1. The van der Waals surface area contributed by atoms with E-state index in [1.165, 1.54) is 0 Å². The van der Waals surface area contributed by atoms with Gasteiger partial charge in [0.15, 0.2) is 0 Å². The van der Waals surface area contributed by atoms with Crippen LogP contribution in [-0.4, -0.2) is 20.1 Å². The van der Waals surface area contributed by atoms with Gasteiger partial charge >= 0.3 is 0 Å². The van der Waals surface area contributed by atoms with Crippen molar-refractivity contribution in [3.63, 3.8) is 0 Å². The van der Waals surface area contributed by atoms with Crippen LogP contribution in [0.3, 0.4) is 0 Å². The molecule has 3 nitrogen and oxygen atoms in total. The Morgan fingerprint density at radius 3 is 2.75 bits per heavy atom. The molecule has 0 bridgehead atoms. The van der Waals surface area contributed by atoms with Gasteiger partial charge in [0.05, 0.1) is 17.6 Å². The van der Waals surface area contributed by atoms with Gasteiger partial charge in [-0.1, -0.05) is 11.6 Å². The summed E-state index contributed by atoms with van der Waals surface area (Å²) in [5.74, 6) is 1.03. The molecule has 1 unspecified atom stereocenters. The summed E-state index contributed by atoms with van der Waals surface area (Å²) >= 11 is 6.09. The van der Waals surface area contributed by atoms with Crippen molar-refractivity contribution in [1.82, 2.24) is 0 Å². The molecular weight excluding hydrogens is 272 g/mol. The zero-order valence-corrected chi connectivity index (χ0v) is 12.9. The van der Waals surface area contributed by atoms with Crippen molar-refractivity contribution in [3.05, 3.63) is 47.4 Å². The maximum atomic E-state index is 6.09. The predicted octanol–water partition coefficient (Wildman–Crippen LogP) is 4.43. The molecule has 2 rings (SSSR count). The first-order chi connectivity index (χ1) is 9.56. The summed E-state index contributed by atoms with van der Waals surface area (Å²) in [6.07, 6.45) is 3.65. The Hall–Kier alpha value is -1.61. The maximum Gasteiger partial charge on any atom is 0.103 e. The van der Waals surface area contributed by atoms with Crippen LogP contribution in [0.1, 0.15) is 19.1 Å². The van der Waals surface area contributed by atoms with Crippen LogP contribution >= 0.6 is 11.6 Å². The fraction of sp³-hybridized carbons (Fsp3) is 0.375. The van der Waals surface area contributed by atoms with E-state index < -0.39 is 0 Å². The molecule has 0 amide bonds. The molecule has 0 aliphatic rings. The fourth-order valence-corrected chi connectivity index (χ4v) is 2.34. The highest BCUT2D eigenvalue weighted by Gasteiger charge is 2.09. The molecule has 4 heteroatoms. The quantitative estimate of drug-likeness (QED) is 0.853. The van der Waals surface area contributed by atoms with Crippen LogP contribution in [0.4, 0.5) is 11.4 Å². The van der Waals surface area contributed by atoms with Gasteiger partial charge in [-0.05, 0) is 43.7 Å². The molecule has 0 spiro atoms. The third-order valence-corrected chi connectivity index (χ3v) is 3.48. The van der Waals surface area contributed by atoms with Crippen LogP contribution in [0.25, 0.3) is 0 Å². The zero-order chi connectivity index (χ0) is 14.5. The van der Waals surface area contributed by atoms with E-state index in [2.05, 4.69) is 17.1 Å². The SMILES string of the molecule is CC(CCc1ccco1)Nc1cc(Cl)ccc1N(C)C. The molecule has 0 radical (unpaired) electrons. The van der Waals surface area contributed by atoms with Crippen LogP contribution in [-0.2, 0) is 6.42 Å². The van der Waals surface area contributed by atoms with E-state index >= 15 is 0 Å². The molecule has 20 heavy (non-hydrogen) atoms. The highest BCUT2D eigenvalue weighted by Crippen LogP contribution is 2.28. The fourth-order valence-electron chi connectivity index (χ4n) is 2.17. The highest BCUT2D eigenvalue weighted by atomic mass is 35.5. The van der Waals surface area contributed by atoms with E-state index in [9.17, 15) is 0 Å². The average Bonchev–Trinajstić information content (AvgIpc) is 2.89.